The molecule has 2 atom stereocenters. The van der Waals surface area contributed by atoms with E-state index in [-0.39, 0.29) is 12.1 Å². The number of rotatable bonds is 4. The third-order valence-electron chi connectivity index (χ3n) is 3.87. The lowest BCUT2D eigenvalue weighted by molar-refractivity contribution is 0.0292. The fraction of sp³-hybridized carbons (Fsp3) is 0.312. The minimum Gasteiger partial charge on any atom is -0.373 e. The van der Waals surface area contributed by atoms with E-state index in [1.165, 1.54) is 11.1 Å². The first kappa shape index (κ1) is 14.7. The molecule has 2 aromatic rings. The summed E-state index contributed by atoms with van der Waals surface area (Å²) in [6, 6.07) is 10.5. The highest BCUT2D eigenvalue weighted by Gasteiger charge is 2.24. The SMILES string of the molecule is NNC(CC1OCCc2ccccc21)c1cncc(Br)c1. The standard InChI is InChI=1S/C16H18BrN3O/c17-13-7-12(9-19-10-13)15(20-18)8-16-14-4-2-1-3-11(14)5-6-21-16/h1-4,7,9-10,15-16,20H,5-6,8,18H2. The Labute approximate surface area is 132 Å². The van der Waals surface area contributed by atoms with Gasteiger partial charge in [-0.2, -0.15) is 0 Å². The number of hydrogen-bond donors (Lipinski definition) is 2. The van der Waals surface area contributed by atoms with Crippen LogP contribution in [-0.2, 0) is 11.2 Å². The van der Waals surface area contributed by atoms with Gasteiger partial charge in [0, 0.05) is 16.9 Å². The molecule has 5 heteroatoms. The maximum absolute atomic E-state index is 5.96. The molecule has 0 radical (unpaired) electrons. The lowest BCUT2D eigenvalue weighted by Gasteiger charge is -2.29. The van der Waals surface area contributed by atoms with Gasteiger partial charge in [0.25, 0.3) is 0 Å². The maximum atomic E-state index is 5.96. The molecule has 0 amide bonds. The van der Waals surface area contributed by atoms with E-state index in [0.717, 1.165) is 29.5 Å². The minimum atomic E-state index is 0.00570. The summed E-state index contributed by atoms with van der Waals surface area (Å²) >= 11 is 3.45. The van der Waals surface area contributed by atoms with Crippen molar-refractivity contribution >= 4 is 15.9 Å². The van der Waals surface area contributed by atoms with Crippen LogP contribution in [0.5, 0.6) is 0 Å². The first-order valence-corrected chi connectivity index (χ1v) is 7.83. The van der Waals surface area contributed by atoms with Gasteiger partial charge in [-0.3, -0.25) is 16.3 Å². The van der Waals surface area contributed by atoms with Gasteiger partial charge in [-0.05, 0) is 51.5 Å². The van der Waals surface area contributed by atoms with Gasteiger partial charge < -0.3 is 4.74 Å². The lowest BCUT2D eigenvalue weighted by atomic mass is 9.92. The molecular weight excluding hydrogens is 330 g/mol. The van der Waals surface area contributed by atoms with Gasteiger partial charge in [0.2, 0.25) is 0 Å². The number of halogens is 1. The number of aromatic nitrogens is 1. The number of ether oxygens (including phenoxy) is 1. The second-order valence-electron chi connectivity index (χ2n) is 5.20. The van der Waals surface area contributed by atoms with E-state index in [0.29, 0.717) is 0 Å². The van der Waals surface area contributed by atoms with Gasteiger partial charge in [0.1, 0.15) is 0 Å². The maximum Gasteiger partial charge on any atom is 0.0846 e. The van der Waals surface area contributed by atoms with Crippen LogP contribution in [0.15, 0.2) is 47.2 Å². The molecule has 0 saturated carbocycles. The third-order valence-corrected chi connectivity index (χ3v) is 4.31. The number of nitrogens with zero attached hydrogens (tertiary/aromatic N) is 1. The molecule has 4 nitrogen and oxygen atoms in total. The normalized spacial score (nSPS) is 19.0. The van der Waals surface area contributed by atoms with Crippen LogP contribution in [0.1, 0.15) is 35.3 Å². The Hall–Kier alpha value is -1.27. The molecule has 0 aliphatic carbocycles. The van der Waals surface area contributed by atoms with Crippen molar-refractivity contribution < 1.29 is 4.74 Å². The summed E-state index contributed by atoms with van der Waals surface area (Å²) in [4.78, 5) is 4.21. The molecular formula is C16H18BrN3O. The van der Waals surface area contributed by atoms with Crippen molar-refractivity contribution in [1.82, 2.24) is 10.4 Å². The van der Waals surface area contributed by atoms with Crippen molar-refractivity contribution in [3.05, 3.63) is 63.9 Å². The van der Waals surface area contributed by atoms with Gasteiger partial charge >= 0.3 is 0 Å². The molecule has 0 fully saturated rings. The molecule has 2 heterocycles. The molecule has 110 valence electrons. The van der Waals surface area contributed by atoms with Gasteiger partial charge in [-0.1, -0.05) is 24.3 Å². The van der Waals surface area contributed by atoms with E-state index >= 15 is 0 Å². The predicted octanol–water partition coefficient (Wildman–Crippen LogP) is 3.05. The lowest BCUT2D eigenvalue weighted by Crippen LogP contribution is -2.31. The van der Waals surface area contributed by atoms with Gasteiger partial charge in [-0.25, -0.2) is 0 Å². The van der Waals surface area contributed by atoms with Crippen LogP contribution in [0.4, 0.5) is 0 Å². The van der Waals surface area contributed by atoms with Gasteiger partial charge in [0.05, 0.1) is 18.8 Å². The van der Waals surface area contributed by atoms with Crippen LogP contribution >= 0.6 is 15.9 Å². The van der Waals surface area contributed by atoms with Gasteiger partial charge in [0.15, 0.2) is 0 Å². The molecule has 0 saturated heterocycles. The smallest absolute Gasteiger partial charge is 0.0846 e. The molecule has 1 aliphatic heterocycles. The number of hydrogen-bond acceptors (Lipinski definition) is 4. The number of nitrogens with one attached hydrogen (secondary N) is 1. The zero-order valence-corrected chi connectivity index (χ0v) is 13.2. The van der Waals surface area contributed by atoms with E-state index in [2.05, 4.69) is 50.6 Å². The topological polar surface area (TPSA) is 60.2 Å². The number of hydrazine groups is 1. The van der Waals surface area contributed by atoms with Crippen molar-refractivity contribution in [3.63, 3.8) is 0 Å². The summed E-state index contributed by atoms with van der Waals surface area (Å²) in [5.41, 5.74) is 6.58. The minimum absolute atomic E-state index is 0.00570. The summed E-state index contributed by atoms with van der Waals surface area (Å²) < 4.78 is 6.91. The second-order valence-corrected chi connectivity index (χ2v) is 6.12. The van der Waals surface area contributed by atoms with Gasteiger partial charge in [-0.15, -0.1) is 0 Å². The molecule has 2 unspecified atom stereocenters. The van der Waals surface area contributed by atoms with Crippen molar-refractivity contribution in [2.24, 2.45) is 5.84 Å². The highest BCUT2D eigenvalue weighted by Crippen LogP contribution is 2.34. The van der Waals surface area contributed by atoms with Crippen LogP contribution in [0.25, 0.3) is 0 Å². The molecule has 3 rings (SSSR count). The summed E-state index contributed by atoms with van der Waals surface area (Å²) in [6.45, 7) is 0.760. The molecule has 21 heavy (non-hydrogen) atoms. The van der Waals surface area contributed by atoms with Crippen LogP contribution in [0.3, 0.4) is 0 Å². The first-order valence-electron chi connectivity index (χ1n) is 7.04. The summed E-state index contributed by atoms with van der Waals surface area (Å²) in [5.74, 6) is 5.74. The molecule has 3 N–H and O–H groups in total. The van der Waals surface area contributed by atoms with Crippen LogP contribution in [0.2, 0.25) is 0 Å². The summed E-state index contributed by atoms with van der Waals surface area (Å²) in [7, 11) is 0. The Balaban J connectivity index is 1.82. The Morgan fingerprint density at radius 2 is 2.24 bits per heavy atom. The van der Waals surface area contributed by atoms with Crippen LogP contribution < -0.4 is 11.3 Å². The Kier molecular flexibility index (Phi) is 4.65. The highest BCUT2D eigenvalue weighted by atomic mass is 79.9. The summed E-state index contributed by atoms with van der Waals surface area (Å²) in [6.07, 6.45) is 5.43. The molecule has 1 aromatic heterocycles. The number of pyridine rings is 1. The Morgan fingerprint density at radius 3 is 3.05 bits per heavy atom. The number of fused-ring (bicyclic) bond motifs is 1. The van der Waals surface area contributed by atoms with E-state index < -0.39 is 0 Å². The van der Waals surface area contributed by atoms with E-state index in [1.54, 1.807) is 6.20 Å². The molecule has 1 aliphatic rings. The zero-order valence-electron chi connectivity index (χ0n) is 11.6. The van der Waals surface area contributed by atoms with E-state index in [4.69, 9.17) is 10.6 Å². The molecule has 0 spiro atoms. The summed E-state index contributed by atoms with van der Waals surface area (Å²) in [5, 5.41) is 0. The zero-order chi connectivity index (χ0) is 14.7. The van der Waals surface area contributed by atoms with Crippen molar-refractivity contribution in [1.29, 1.82) is 0 Å². The Bertz CT molecular complexity index is 620. The van der Waals surface area contributed by atoms with E-state index in [9.17, 15) is 0 Å². The van der Waals surface area contributed by atoms with Crippen molar-refractivity contribution in [3.8, 4) is 0 Å². The number of nitrogens with two attached hydrogens (primary N) is 1. The van der Waals surface area contributed by atoms with Crippen molar-refractivity contribution in [2.75, 3.05) is 6.61 Å². The average Bonchev–Trinajstić information content (AvgIpc) is 2.52. The van der Waals surface area contributed by atoms with E-state index in [1.807, 2.05) is 12.3 Å². The molecule has 0 bridgehead atoms. The second kappa shape index (κ2) is 6.66. The predicted molar refractivity (Wildman–Crippen MR) is 85.5 cm³/mol. The largest absolute Gasteiger partial charge is 0.373 e. The fourth-order valence-corrected chi connectivity index (χ4v) is 3.19. The third kappa shape index (κ3) is 3.32. The van der Waals surface area contributed by atoms with Crippen molar-refractivity contribution in [2.45, 2.75) is 25.0 Å². The first-order chi connectivity index (χ1) is 10.3. The Morgan fingerprint density at radius 1 is 1.38 bits per heavy atom. The highest BCUT2D eigenvalue weighted by molar-refractivity contribution is 9.10. The fourth-order valence-electron chi connectivity index (χ4n) is 2.81. The number of benzene rings is 1. The van der Waals surface area contributed by atoms with Crippen LogP contribution in [0, 0.1) is 0 Å². The quantitative estimate of drug-likeness (QED) is 0.659. The van der Waals surface area contributed by atoms with Crippen LogP contribution in [-0.4, -0.2) is 11.6 Å². The average molecular weight is 348 g/mol. The molecule has 1 aromatic carbocycles. The monoisotopic (exact) mass is 347 g/mol.